The van der Waals surface area contributed by atoms with Crippen LogP contribution in [-0.4, -0.2) is 41.1 Å². The van der Waals surface area contributed by atoms with Crippen molar-refractivity contribution in [2.24, 2.45) is 11.8 Å². The summed E-state index contributed by atoms with van der Waals surface area (Å²) in [6.45, 7) is 6.72. The van der Waals surface area contributed by atoms with Gasteiger partial charge in [-0.1, -0.05) is 32.0 Å². The van der Waals surface area contributed by atoms with Crippen molar-refractivity contribution >= 4 is 11.9 Å². The number of carboxylic acids is 1. The Hall–Kier alpha value is -2.04. The van der Waals surface area contributed by atoms with Crippen LogP contribution in [0.1, 0.15) is 32.3 Å². The molecule has 1 N–H and O–H groups in total. The summed E-state index contributed by atoms with van der Waals surface area (Å²) >= 11 is 0. The number of piperidine rings is 1. The molecule has 3 unspecified atom stereocenters. The molecule has 23 heavy (non-hydrogen) atoms. The molecular formula is C18H25NO4. The number of hydrogen-bond acceptors (Lipinski definition) is 3. The van der Waals surface area contributed by atoms with Crippen molar-refractivity contribution in [1.29, 1.82) is 0 Å². The molecule has 126 valence electrons. The molecule has 1 heterocycles. The largest absolute Gasteiger partial charge is 0.481 e. The SMILES string of the molecule is CCC(Oc1ccccc1C)C(=O)N1CCC(C(=O)O)C(C)C1. The van der Waals surface area contributed by atoms with Crippen molar-refractivity contribution in [1.82, 2.24) is 4.90 Å². The van der Waals surface area contributed by atoms with E-state index in [9.17, 15) is 14.7 Å². The number of benzene rings is 1. The Balaban J connectivity index is 2.03. The third-order valence-corrected chi connectivity index (χ3v) is 4.54. The Labute approximate surface area is 137 Å². The molecule has 5 nitrogen and oxygen atoms in total. The molecule has 1 aliphatic heterocycles. The molecule has 0 saturated carbocycles. The fourth-order valence-corrected chi connectivity index (χ4v) is 3.07. The van der Waals surface area contributed by atoms with Crippen LogP contribution in [0.2, 0.25) is 0 Å². The molecule has 2 rings (SSSR count). The van der Waals surface area contributed by atoms with Gasteiger partial charge in [-0.05, 0) is 37.3 Å². The number of rotatable bonds is 5. The minimum absolute atomic E-state index is 0.0406. The van der Waals surface area contributed by atoms with Gasteiger partial charge in [-0.25, -0.2) is 0 Å². The van der Waals surface area contributed by atoms with Crippen LogP contribution in [0.3, 0.4) is 0 Å². The van der Waals surface area contributed by atoms with Crippen molar-refractivity contribution in [3.05, 3.63) is 29.8 Å². The highest BCUT2D eigenvalue weighted by Crippen LogP contribution is 2.25. The molecule has 0 spiro atoms. The summed E-state index contributed by atoms with van der Waals surface area (Å²) in [5.74, 6) is -0.502. The number of aryl methyl sites for hydroxylation is 1. The van der Waals surface area contributed by atoms with Crippen LogP contribution in [0, 0.1) is 18.8 Å². The summed E-state index contributed by atoms with van der Waals surface area (Å²) in [6.07, 6.45) is 0.563. The van der Waals surface area contributed by atoms with Gasteiger partial charge < -0.3 is 14.7 Å². The molecule has 0 radical (unpaired) electrons. The molecule has 5 heteroatoms. The number of carbonyl (C=O) groups excluding carboxylic acids is 1. The first-order valence-corrected chi connectivity index (χ1v) is 8.17. The van der Waals surface area contributed by atoms with Gasteiger partial charge >= 0.3 is 5.97 Å². The number of likely N-dealkylation sites (tertiary alicyclic amines) is 1. The number of carbonyl (C=O) groups is 2. The van der Waals surface area contributed by atoms with Crippen LogP contribution >= 0.6 is 0 Å². The van der Waals surface area contributed by atoms with E-state index in [0.717, 1.165) is 11.3 Å². The zero-order valence-corrected chi connectivity index (χ0v) is 14.0. The van der Waals surface area contributed by atoms with Gasteiger partial charge in [-0.2, -0.15) is 0 Å². The summed E-state index contributed by atoms with van der Waals surface area (Å²) < 4.78 is 5.91. The smallest absolute Gasteiger partial charge is 0.306 e. The number of nitrogens with zero attached hydrogens (tertiary/aromatic N) is 1. The fourth-order valence-electron chi connectivity index (χ4n) is 3.07. The maximum absolute atomic E-state index is 12.7. The Bertz CT molecular complexity index is 572. The molecule has 1 fully saturated rings. The highest BCUT2D eigenvalue weighted by atomic mass is 16.5. The topological polar surface area (TPSA) is 66.8 Å². The van der Waals surface area contributed by atoms with Crippen LogP contribution in [0.4, 0.5) is 0 Å². The van der Waals surface area contributed by atoms with E-state index >= 15 is 0 Å². The van der Waals surface area contributed by atoms with E-state index in [4.69, 9.17) is 4.74 Å². The normalized spacial score (nSPS) is 22.5. The Kier molecular flexibility index (Phi) is 5.64. The third kappa shape index (κ3) is 4.03. The Morgan fingerprint density at radius 1 is 1.39 bits per heavy atom. The summed E-state index contributed by atoms with van der Waals surface area (Å²) in [5.41, 5.74) is 0.997. The molecular weight excluding hydrogens is 294 g/mol. The average Bonchev–Trinajstić information content (AvgIpc) is 2.53. The Morgan fingerprint density at radius 2 is 2.09 bits per heavy atom. The van der Waals surface area contributed by atoms with E-state index in [2.05, 4.69) is 0 Å². The van der Waals surface area contributed by atoms with Crippen molar-refractivity contribution in [3.8, 4) is 5.75 Å². The van der Waals surface area contributed by atoms with Crippen molar-refractivity contribution in [2.75, 3.05) is 13.1 Å². The van der Waals surface area contributed by atoms with E-state index in [-0.39, 0.29) is 17.7 Å². The van der Waals surface area contributed by atoms with Gasteiger partial charge in [0.25, 0.3) is 5.91 Å². The number of carboxylic acid groups (broad SMARTS) is 1. The molecule has 3 atom stereocenters. The lowest BCUT2D eigenvalue weighted by molar-refractivity contribution is -0.150. The van der Waals surface area contributed by atoms with E-state index in [1.54, 1.807) is 4.90 Å². The monoisotopic (exact) mass is 319 g/mol. The average molecular weight is 319 g/mol. The van der Waals surface area contributed by atoms with Crippen LogP contribution in [0.15, 0.2) is 24.3 Å². The Morgan fingerprint density at radius 3 is 2.65 bits per heavy atom. The van der Waals surface area contributed by atoms with Crippen molar-refractivity contribution < 1.29 is 19.4 Å². The quantitative estimate of drug-likeness (QED) is 0.906. The minimum Gasteiger partial charge on any atom is -0.481 e. The predicted molar refractivity (Wildman–Crippen MR) is 87.4 cm³/mol. The van der Waals surface area contributed by atoms with E-state index in [1.807, 2.05) is 45.0 Å². The second kappa shape index (κ2) is 7.49. The van der Waals surface area contributed by atoms with Gasteiger partial charge in [0.15, 0.2) is 6.10 Å². The number of para-hydroxylation sites is 1. The van der Waals surface area contributed by atoms with Gasteiger partial charge in [0.1, 0.15) is 5.75 Å². The lowest BCUT2D eigenvalue weighted by Crippen LogP contribution is -2.49. The molecule has 1 amide bonds. The number of amides is 1. The predicted octanol–water partition coefficient (Wildman–Crippen LogP) is 2.72. The van der Waals surface area contributed by atoms with Gasteiger partial charge in [0.2, 0.25) is 0 Å². The maximum atomic E-state index is 12.7. The van der Waals surface area contributed by atoms with Gasteiger partial charge in [-0.3, -0.25) is 9.59 Å². The summed E-state index contributed by atoms with van der Waals surface area (Å²) in [6, 6.07) is 7.64. The van der Waals surface area contributed by atoms with E-state index < -0.39 is 12.1 Å². The van der Waals surface area contributed by atoms with Crippen molar-refractivity contribution in [3.63, 3.8) is 0 Å². The molecule has 0 bridgehead atoms. The van der Waals surface area contributed by atoms with E-state index in [1.165, 1.54) is 0 Å². The molecule has 1 aromatic carbocycles. The highest BCUT2D eigenvalue weighted by Gasteiger charge is 2.35. The second-order valence-electron chi connectivity index (χ2n) is 6.28. The fraction of sp³-hybridized carbons (Fsp3) is 0.556. The van der Waals surface area contributed by atoms with Gasteiger partial charge in [-0.15, -0.1) is 0 Å². The summed E-state index contributed by atoms with van der Waals surface area (Å²) in [5, 5.41) is 9.19. The zero-order chi connectivity index (χ0) is 17.0. The minimum atomic E-state index is -0.771. The van der Waals surface area contributed by atoms with Gasteiger partial charge in [0, 0.05) is 13.1 Å². The second-order valence-corrected chi connectivity index (χ2v) is 6.28. The van der Waals surface area contributed by atoms with E-state index in [0.29, 0.717) is 25.9 Å². The number of ether oxygens (including phenoxy) is 1. The number of aliphatic carboxylic acids is 1. The molecule has 1 aliphatic rings. The first-order chi connectivity index (χ1) is 10.9. The highest BCUT2D eigenvalue weighted by molar-refractivity contribution is 5.82. The molecule has 0 aliphatic carbocycles. The van der Waals surface area contributed by atoms with Crippen LogP contribution in [-0.2, 0) is 9.59 Å². The molecule has 0 aromatic heterocycles. The van der Waals surface area contributed by atoms with Crippen LogP contribution in [0.25, 0.3) is 0 Å². The third-order valence-electron chi connectivity index (χ3n) is 4.54. The van der Waals surface area contributed by atoms with Gasteiger partial charge in [0.05, 0.1) is 5.92 Å². The first-order valence-electron chi connectivity index (χ1n) is 8.17. The maximum Gasteiger partial charge on any atom is 0.306 e. The standard InChI is InChI=1S/C18H25NO4/c1-4-15(23-16-8-6-5-7-12(16)2)17(20)19-10-9-14(18(21)22)13(3)11-19/h5-8,13-15H,4,9-11H2,1-3H3,(H,21,22). The lowest BCUT2D eigenvalue weighted by atomic mass is 9.87. The van der Waals surface area contributed by atoms with Crippen LogP contribution < -0.4 is 4.74 Å². The van der Waals surface area contributed by atoms with Crippen molar-refractivity contribution in [2.45, 2.75) is 39.7 Å². The number of hydrogen-bond donors (Lipinski definition) is 1. The zero-order valence-electron chi connectivity index (χ0n) is 14.0. The summed E-state index contributed by atoms with van der Waals surface area (Å²) in [4.78, 5) is 25.6. The molecule has 1 saturated heterocycles. The van der Waals surface area contributed by atoms with Crippen LogP contribution in [0.5, 0.6) is 5.75 Å². The first kappa shape index (κ1) is 17.3. The lowest BCUT2D eigenvalue weighted by Gasteiger charge is -2.36. The molecule has 1 aromatic rings. The summed E-state index contributed by atoms with van der Waals surface area (Å²) in [7, 11) is 0.